The molecular formula is C19H26ClN3O2. The van der Waals surface area contributed by atoms with Gasteiger partial charge in [0.25, 0.3) is 0 Å². The van der Waals surface area contributed by atoms with Gasteiger partial charge in [0, 0.05) is 37.7 Å². The van der Waals surface area contributed by atoms with Crippen molar-refractivity contribution >= 4 is 23.4 Å². The second kappa shape index (κ2) is 8.68. The summed E-state index contributed by atoms with van der Waals surface area (Å²) in [6.07, 6.45) is 4.76. The summed E-state index contributed by atoms with van der Waals surface area (Å²) in [7, 11) is 0. The molecule has 5 nitrogen and oxygen atoms in total. The summed E-state index contributed by atoms with van der Waals surface area (Å²) in [5, 5.41) is 3.89. The number of hydrogen-bond acceptors (Lipinski definition) is 3. The van der Waals surface area contributed by atoms with Gasteiger partial charge in [-0.2, -0.15) is 0 Å². The van der Waals surface area contributed by atoms with Gasteiger partial charge in [0.15, 0.2) is 0 Å². The second-order valence-corrected chi connectivity index (χ2v) is 7.26. The molecule has 0 aliphatic carbocycles. The van der Waals surface area contributed by atoms with Crippen LogP contribution < -0.4 is 5.32 Å². The van der Waals surface area contributed by atoms with Crippen LogP contribution in [0.25, 0.3) is 0 Å². The summed E-state index contributed by atoms with van der Waals surface area (Å²) in [6, 6.07) is 7.16. The van der Waals surface area contributed by atoms with Crippen LogP contribution in [0.1, 0.15) is 37.7 Å². The number of amides is 2. The smallest absolute Gasteiger partial charge is 0.240 e. The maximum Gasteiger partial charge on any atom is 0.240 e. The Morgan fingerprint density at radius 3 is 2.56 bits per heavy atom. The standard InChI is InChI=1S/C19H26ClN3O2/c20-16-8-4-3-7-15(16)14-23-12-9-21-17(19(23)25)13-18(24)22-10-5-1-2-6-11-22/h3-4,7-8,17,21H,1-2,5-6,9-14H2. The van der Waals surface area contributed by atoms with Crippen molar-refractivity contribution < 1.29 is 9.59 Å². The Labute approximate surface area is 154 Å². The first-order valence-electron chi connectivity index (χ1n) is 9.18. The van der Waals surface area contributed by atoms with Crippen LogP contribution in [0, 0.1) is 0 Å². The topological polar surface area (TPSA) is 52.7 Å². The van der Waals surface area contributed by atoms with E-state index in [0.29, 0.717) is 24.7 Å². The van der Waals surface area contributed by atoms with Crippen molar-refractivity contribution in [3.63, 3.8) is 0 Å². The lowest BCUT2D eigenvalue weighted by atomic mass is 10.1. The molecular weight excluding hydrogens is 338 g/mol. The van der Waals surface area contributed by atoms with E-state index in [4.69, 9.17) is 11.6 Å². The Kier molecular flexibility index (Phi) is 6.32. The van der Waals surface area contributed by atoms with Gasteiger partial charge in [-0.25, -0.2) is 0 Å². The van der Waals surface area contributed by atoms with Gasteiger partial charge in [-0.3, -0.25) is 9.59 Å². The zero-order valence-corrected chi connectivity index (χ0v) is 15.3. The molecule has 0 saturated carbocycles. The number of carbonyl (C=O) groups is 2. The van der Waals surface area contributed by atoms with E-state index in [1.807, 2.05) is 29.2 Å². The van der Waals surface area contributed by atoms with E-state index >= 15 is 0 Å². The number of nitrogens with zero attached hydrogens (tertiary/aromatic N) is 2. The number of carbonyl (C=O) groups excluding carboxylic acids is 2. The summed E-state index contributed by atoms with van der Waals surface area (Å²) in [5.41, 5.74) is 0.942. The van der Waals surface area contributed by atoms with E-state index in [0.717, 1.165) is 31.5 Å². The fraction of sp³-hybridized carbons (Fsp3) is 0.579. The molecule has 3 rings (SSSR count). The molecule has 1 unspecified atom stereocenters. The number of halogens is 1. The van der Waals surface area contributed by atoms with Gasteiger partial charge < -0.3 is 15.1 Å². The SMILES string of the molecule is O=C(CC1NCCN(Cc2ccccc2Cl)C1=O)N1CCCCCC1. The van der Waals surface area contributed by atoms with Crippen LogP contribution in [0.3, 0.4) is 0 Å². The number of piperazine rings is 1. The van der Waals surface area contributed by atoms with Crippen LogP contribution in [-0.4, -0.2) is 53.8 Å². The van der Waals surface area contributed by atoms with Gasteiger partial charge in [-0.05, 0) is 24.5 Å². The van der Waals surface area contributed by atoms with Gasteiger partial charge in [-0.15, -0.1) is 0 Å². The van der Waals surface area contributed by atoms with Gasteiger partial charge in [0.2, 0.25) is 11.8 Å². The molecule has 0 radical (unpaired) electrons. The summed E-state index contributed by atoms with van der Waals surface area (Å²) in [5.74, 6) is 0.0849. The molecule has 2 amide bonds. The Balaban J connectivity index is 1.59. The predicted molar refractivity (Wildman–Crippen MR) is 98.3 cm³/mol. The van der Waals surface area contributed by atoms with Crippen molar-refractivity contribution in [2.45, 2.75) is 44.7 Å². The van der Waals surface area contributed by atoms with Gasteiger partial charge in [0.05, 0.1) is 12.5 Å². The second-order valence-electron chi connectivity index (χ2n) is 6.86. The summed E-state index contributed by atoms with van der Waals surface area (Å²) in [6.45, 7) is 3.48. The quantitative estimate of drug-likeness (QED) is 0.893. The van der Waals surface area contributed by atoms with Gasteiger partial charge in [-0.1, -0.05) is 42.6 Å². The molecule has 6 heteroatoms. The molecule has 0 spiro atoms. The van der Waals surface area contributed by atoms with Crippen LogP contribution in [0.2, 0.25) is 5.02 Å². The van der Waals surface area contributed by atoms with Crippen LogP contribution in [0.15, 0.2) is 24.3 Å². The maximum absolute atomic E-state index is 12.8. The zero-order chi connectivity index (χ0) is 17.6. The highest BCUT2D eigenvalue weighted by Crippen LogP contribution is 2.19. The third kappa shape index (κ3) is 4.73. The lowest BCUT2D eigenvalue weighted by molar-refractivity contribution is -0.141. The molecule has 1 N–H and O–H groups in total. The van der Waals surface area contributed by atoms with E-state index in [1.54, 1.807) is 4.90 Å². The highest BCUT2D eigenvalue weighted by molar-refractivity contribution is 6.31. The molecule has 2 aliphatic heterocycles. The van der Waals surface area contributed by atoms with Crippen molar-refractivity contribution in [2.75, 3.05) is 26.2 Å². The first-order valence-corrected chi connectivity index (χ1v) is 9.56. The molecule has 1 aromatic carbocycles. The molecule has 1 aromatic rings. The minimum atomic E-state index is -0.424. The van der Waals surface area contributed by atoms with E-state index in [9.17, 15) is 9.59 Å². The zero-order valence-electron chi connectivity index (χ0n) is 14.5. The van der Waals surface area contributed by atoms with Crippen molar-refractivity contribution in [1.82, 2.24) is 15.1 Å². The van der Waals surface area contributed by atoms with Crippen molar-refractivity contribution in [2.24, 2.45) is 0 Å². The third-order valence-corrected chi connectivity index (χ3v) is 5.41. The summed E-state index contributed by atoms with van der Waals surface area (Å²) >= 11 is 6.21. The molecule has 2 fully saturated rings. The highest BCUT2D eigenvalue weighted by Gasteiger charge is 2.31. The molecule has 0 bridgehead atoms. The minimum Gasteiger partial charge on any atom is -0.343 e. The fourth-order valence-electron chi connectivity index (χ4n) is 3.56. The molecule has 2 aliphatic rings. The number of benzene rings is 1. The van der Waals surface area contributed by atoms with Crippen molar-refractivity contribution in [3.8, 4) is 0 Å². The lowest BCUT2D eigenvalue weighted by Gasteiger charge is -2.34. The van der Waals surface area contributed by atoms with Crippen LogP contribution in [-0.2, 0) is 16.1 Å². The third-order valence-electron chi connectivity index (χ3n) is 5.04. The van der Waals surface area contributed by atoms with Crippen LogP contribution in [0.4, 0.5) is 0 Å². The molecule has 0 aromatic heterocycles. The Bertz CT molecular complexity index is 614. The molecule has 136 valence electrons. The Hall–Kier alpha value is -1.59. The normalized spacial score (nSPS) is 22.0. The van der Waals surface area contributed by atoms with E-state index < -0.39 is 6.04 Å². The van der Waals surface area contributed by atoms with Crippen LogP contribution >= 0.6 is 11.6 Å². The molecule has 25 heavy (non-hydrogen) atoms. The Morgan fingerprint density at radius 2 is 1.84 bits per heavy atom. The van der Waals surface area contributed by atoms with Crippen LogP contribution in [0.5, 0.6) is 0 Å². The van der Waals surface area contributed by atoms with Gasteiger partial charge in [0.1, 0.15) is 0 Å². The monoisotopic (exact) mass is 363 g/mol. The van der Waals surface area contributed by atoms with Crippen molar-refractivity contribution in [1.29, 1.82) is 0 Å². The molecule has 2 heterocycles. The van der Waals surface area contributed by atoms with E-state index in [-0.39, 0.29) is 18.2 Å². The number of likely N-dealkylation sites (tertiary alicyclic amines) is 1. The van der Waals surface area contributed by atoms with Gasteiger partial charge >= 0.3 is 0 Å². The summed E-state index contributed by atoms with van der Waals surface area (Å²) in [4.78, 5) is 29.1. The fourth-order valence-corrected chi connectivity index (χ4v) is 3.76. The molecule has 1 atom stereocenters. The predicted octanol–water partition coefficient (Wildman–Crippen LogP) is 2.43. The number of hydrogen-bond donors (Lipinski definition) is 1. The first kappa shape index (κ1) is 18.2. The first-order chi connectivity index (χ1) is 12.1. The largest absolute Gasteiger partial charge is 0.343 e. The maximum atomic E-state index is 12.8. The Morgan fingerprint density at radius 1 is 1.12 bits per heavy atom. The lowest BCUT2D eigenvalue weighted by Crippen LogP contribution is -2.56. The average Bonchev–Trinajstić information content (AvgIpc) is 2.90. The number of nitrogens with one attached hydrogen (secondary N) is 1. The summed E-state index contributed by atoms with van der Waals surface area (Å²) < 4.78 is 0. The van der Waals surface area contributed by atoms with Crippen molar-refractivity contribution in [3.05, 3.63) is 34.9 Å². The number of rotatable bonds is 4. The minimum absolute atomic E-state index is 0.00524. The average molecular weight is 364 g/mol. The molecule has 2 saturated heterocycles. The van der Waals surface area contributed by atoms with E-state index in [2.05, 4.69) is 5.32 Å². The van der Waals surface area contributed by atoms with E-state index in [1.165, 1.54) is 12.8 Å². The highest BCUT2D eigenvalue weighted by atomic mass is 35.5.